The predicted molar refractivity (Wildman–Crippen MR) is 76.7 cm³/mol. The van der Waals surface area contributed by atoms with Gasteiger partial charge in [0, 0.05) is 0 Å². The zero-order chi connectivity index (χ0) is 16.4. The summed E-state index contributed by atoms with van der Waals surface area (Å²) < 4.78 is 25.4. The molecule has 2 aromatic rings. The zero-order valence-electron chi connectivity index (χ0n) is 11.5. The van der Waals surface area contributed by atoms with Crippen LogP contribution < -0.4 is 0 Å². The Bertz CT molecular complexity index is 977. The lowest BCUT2D eigenvalue weighted by Gasteiger charge is -2.23. The highest BCUT2D eigenvalue weighted by Gasteiger charge is 2.51. The first-order valence-corrected chi connectivity index (χ1v) is 8.05. The van der Waals surface area contributed by atoms with Crippen LogP contribution in [0.2, 0.25) is 0 Å². The largest absolute Gasteiger partial charge is 0.288 e. The van der Waals surface area contributed by atoms with Gasteiger partial charge >= 0.3 is 0 Å². The smallest absolute Gasteiger partial charge is 0.267 e. The number of benzene rings is 2. The maximum absolute atomic E-state index is 12.6. The highest BCUT2D eigenvalue weighted by molar-refractivity contribution is 7.90. The molecule has 8 heteroatoms. The van der Waals surface area contributed by atoms with Crippen molar-refractivity contribution in [3.8, 4) is 0 Å². The molecule has 2 heterocycles. The van der Waals surface area contributed by atoms with Crippen molar-refractivity contribution in [2.45, 2.75) is 4.90 Å². The van der Waals surface area contributed by atoms with Crippen molar-refractivity contribution in [1.82, 2.24) is 9.42 Å². The first-order chi connectivity index (χ1) is 10.9. The Labute approximate surface area is 130 Å². The van der Waals surface area contributed by atoms with Gasteiger partial charge in [-0.1, -0.05) is 24.3 Å². The summed E-state index contributed by atoms with van der Waals surface area (Å²) >= 11 is 0. The lowest BCUT2D eigenvalue weighted by atomic mass is 10.1. The average Bonchev–Trinajstić information content (AvgIpc) is 2.91. The summed E-state index contributed by atoms with van der Waals surface area (Å²) in [5.41, 5.74) is 0.0666. The molecule has 0 saturated carbocycles. The number of hydrogen-bond acceptors (Lipinski definition) is 5. The minimum Gasteiger partial charge on any atom is -0.267 e. The van der Waals surface area contributed by atoms with Crippen LogP contribution in [0.5, 0.6) is 0 Å². The average molecular weight is 328 g/mol. The number of imide groups is 1. The van der Waals surface area contributed by atoms with E-state index < -0.39 is 27.7 Å². The van der Waals surface area contributed by atoms with Crippen LogP contribution in [0.3, 0.4) is 0 Å². The lowest BCUT2D eigenvalue weighted by Crippen LogP contribution is -2.49. The van der Waals surface area contributed by atoms with Crippen LogP contribution in [-0.4, -0.2) is 35.6 Å². The molecule has 23 heavy (non-hydrogen) atoms. The molecule has 0 atom stereocenters. The maximum Gasteiger partial charge on any atom is 0.288 e. The molecule has 0 unspecified atom stereocenters. The van der Waals surface area contributed by atoms with Crippen molar-refractivity contribution in [3.05, 3.63) is 65.2 Å². The molecule has 0 radical (unpaired) electrons. The predicted octanol–water partition coefficient (Wildman–Crippen LogP) is 1.04. The number of sulfonamides is 1. The quantitative estimate of drug-likeness (QED) is 0.730. The number of hydrogen-bond donors (Lipinski definition) is 0. The van der Waals surface area contributed by atoms with Gasteiger partial charge in [0.1, 0.15) is 4.90 Å². The molecule has 0 aromatic heterocycles. The maximum atomic E-state index is 12.6. The molecule has 2 aromatic carbocycles. The van der Waals surface area contributed by atoms with Gasteiger partial charge in [-0.3, -0.25) is 14.4 Å². The number of amides is 3. The van der Waals surface area contributed by atoms with E-state index in [0.717, 1.165) is 0 Å². The van der Waals surface area contributed by atoms with E-state index in [0.29, 0.717) is 5.01 Å². The van der Waals surface area contributed by atoms with Gasteiger partial charge in [0.15, 0.2) is 0 Å². The van der Waals surface area contributed by atoms with E-state index >= 15 is 0 Å². The van der Waals surface area contributed by atoms with Crippen LogP contribution in [0.25, 0.3) is 0 Å². The standard InChI is InChI=1S/C15H8N2O5S/c18-13-9-5-1-2-6-10(9)14(19)16(13)17-15(20)11-7-3-4-8-12(11)23(17,21)22/h1-8H. The first kappa shape index (κ1) is 13.6. The number of carbonyl (C=O) groups is 3. The minimum atomic E-state index is -4.29. The second kappa shape index (κ2) is 4.26. The number of fused-ring (bicyclic) bond motifs is 2. The summed E-state index contributed by atoms with van der Waals surface area (Å²) in [7, 11) is -4.29. The fraction of sp³-hybridized carbons (Fsp3) is 0. The van der Waals surface area contributed by atoms with Crippen LogP contribution in [0, 0.1) is 0 Å². The van der Waals surface area contributed by atoms with E-state index in [2.05, 4.69) is 0 Å². The summed E-state index contributed by atoms with van der Waals surface area (Å²) in [5.74, 6) is -2.60. The third kappa shape index (κ3) is 1.58. The van der Waals surface area contributed by atoms with Crippen LogP contribution in [0.4, 0.5) is 0 Å². The van der Waals surface area contributed by atoms with Crippen LogP contribution in [0.1, 0.15) is 31.1 Å². The van der Waals surface area contributed by atoms with Gasteiger partial charge in [0.05, 0.1) is 16.7 Å². The van der Waals surface area contributed by atoms with Gasteiger partial charge in [-0.2, -0.15) is 13.4 Å². The highest BCUT2D eigenvalue weighted by Crippen LogP contribution is 2.35. The Morgan fingerprint density at radius 2 is 1.13 bits per heavy atom. The molecule has 7 nitrogen and oxygen atoms in total. The second-order valence-electron chi connectivity index (χ2n) is 5.02. The molecule has 0 aliphatic carbocycles. The molecule has 2 aliphatic rings. The Hall–Kier alpha value is -3.00. The Balaban J connectivity index is 1.90. The fourth-order valence-electron chi connectivity index (χ4n) is 2.71. The topological polar surface area (TPSA) is 91.8 Å². The highest BCUT2D eigenvalue weighted by atomic mass is 32.2. The Morgan fingerprint density at radius 3 is 1.65 bits per heavy atom. The Kier molecular flexibility index (Phi) is 2.53. The SMILES string of the molecule is O=C1c2ccccc2C(=O)N1N1C(=O)c2ccccc2S1(=O)=O. The first-order valence-electron chi connectivity index (χ1n) is 6.61. The monoisotopic (exact) mass is 328 g/mol. The van der Waals surface area contributed by atoms with E-state index in [1.54, 1.807) is 12.1 Å². The van der Waals surface area contributed by atoms with Crippen LogP contribution >= 0.6 is 0 Å². The zero-order valence-corrected chi connectivity index (χ0v) is 12.3. The van der Waals surface area contributed by atoms with Gasteiger partial charge in [0.2, 0.25) is 0 Å². The molecule has 0 saturated heterocycles. The normalized spacial score (nSPS) is 18.3. The van der Waals surface area contributed by atoms with Crippen molar-refractivity contribution in [3.63, 3.8) is 0 Å². The summed E-state index contributed by atoms with van der Waals surface area (Å²) in [6, 6.07) is 11.5. The van der Waals surface area contributed by atoms with Crippen LogP contribution in [-0.2, 0) is 10.0 Å². The van der Waals surface area contributed by atoms with Crippen molar-refractivity contribution >= 4 is 27.7 Å². The van der Waals surface area contributed by atoms with Gasteiger partial charge in [-0.05, 0) is 24.3 Å². The van der Waals surface area contributed by atoms with E-state index in [1.165, 1.54) is 36.4 Å². The summed E-state index contributed by atoms with van der Waals surface area (Å²) in [6.07, 6.45) is 0. The number of rotatable bonds is 1. The summed E-state index contributed by atoms with van der Waals surface area (Å²) in [5, 5.41) is 0.391. The van der Waals surface area contributed by atoms with Crippen molar-refractivity contribution in [1.29, 1.82) is 0 Å². The molecule has 3 amide bonds. The third-order valence-corrected chi connectivity index (χ3v) is 5.45. The minimum absolute atomic E-state index is 0.0657. The van der Waals surface area contributed by atoms with Crippen molar-refractivity contribution in [2.75, 3.05) is 0 Å². The molecule has 0 fully saturated rings. The van der Waals surface area contributed by atoms with E-state index in [4.69, 9.17) is 0 Å². The lowest BCUT2D eigenvalue weighted by molar-refractivity contribution is 0.0302. The molecule has 4 rings (SSSR count). The molecule has 114 valence electrons. The molecule has 2 aliphatic heterocycles. The molecule has 0 spiro atoms. The fourth-order valence-corrected chi connectivity index (χ4v) is 4.26. The van der Waals surface area contributed by atoms with Crippen molar-refractivity contribution < 1.29 is 22.8 Å². The molecular weight excluding hydrogens is 320 g/mol. The third-order valence-electron chi connectivity index (χ3n) is 3.75. The summed E-state index contributed by atoms with van der Waals surface area (Å²) in [4.78, 5) is 37.1. The molecule has 0 N–H and O–H groups in total. The Morgan fingerprint density at radius 1 is 0.652 bits per heavy atom. The van der Waals surface area contributed by atoms with Gasteiger partial charge in [-0.25, -0.2) is 0 Å². The molecule has 0 bridgehead atoms. The summed E-state index contributed by atoms with van der Waals surface area (Å²) in [6.45, 7) is 0. The second-order valence-corrected chi connectivity index (χ2v) is 6.75. The van der Waals surface area contributed by atoms with E-state index in [-0.39, 0.29) is 26.0 Å². The van der Waals surface area contributed by atoms with Gasteiger partial charge in [0.25, 0.3) is 27.7 Å². The van der Waals surface area contributed by atoms with Gasteiger partial charge < -0.3 is 0 Å². The van der Waals surface area contributed by atoms with Gasteiger partial charge in [-0.15, -0.1) is 4.41 Å². The number of hydrazine groups is 1. The van der Waals surface area contributed by atoms with Crippen molar-refractivity contribution in [2.24, 2.45) is 0 Å². The van der Waals surface area contributed by atoms with E-state index in [9.17, 15) is 22.8 Å². The molecular formula is C15H8N2O5S. The number of nitrogens with zero attached hydrogens (tertiary/aromatic N) is 2. The van der Waals surface area contributed by atoms with Crippen LogP contribution in [0.15, 0.2) is 53.4 Å². The number of carbonyl (C=O) groups excluding carboxylic acids is 3. The van der Waals surface area contributed by atoms with E-state index in [1.807, 2.05) is 0 Å².